The second-order valence-corrected chi connectivity index (χ2v) is 4.64. The Labute approximate surface area is 111 Å². The largest absolute Gasteiger partial charge is 0.380 e. The molecule has 0 spiro atoms. The van der Waals surface area contributed by atoms with Crippen molar-refractivity contribution in [3.63, 3.8) is 0 Å². The molecule has 6 heteroatoms. The molecule has 2 heterocycles. The molecular weight excluding hydrogens is 261 g/mol. The molecule has 94 valence electrons. The van der Waals surface area contributed by atoms with Crippen LogP contribution in [0.1, 0.15) is 6.42 Å². The fraction of sp³-hybridized carbons (Fsp3) is 0.545. The Balaban J connectivity index is 2.29. The SMILES string of the molecule is CNc1nc(N2CCCOCC2)c(Cl)cc1Cl. The van der Waals surface area contributed by atoms with Gasteiger partial charge in [-0.25, -0.2) is 4.98 Å². The minimum absolute atomic E-state index is 0.535. The lowest BCUT2D eigenvalue weighted by atomic mass is 10.3. The van der Waals surface area contributed by atoms with Crippen LogP contribution >= 0.6 is 23.2 Å². The molecule has 17 heavy (non-hydrogen) atoms. The molecule has 1 fully saturated rings. The molecule has 1 saturated heterocycles. The molecule has 0 atom stereocenters. The summed E-state index contributed by atoms with van der Waals surface area (Å²) < 4.78 is 5.41. The second kappa shape index (κ2) is 5.76. The Morgan fingerprint density at radius 1 is 1.29 bits per heavy atom. The fourth-order valence-corrected chi connectivity index (χ4v) is 2.38. The first-order valence-corrected chi connectivity index (χ1v) is 6.34. The number of halogens is 2. The van der Waals surface area contributed by atoms with E-state index in [0.29, 0.717) is 22.5 Å². The first-order valence-electron chi connectivity index (χ1n) is 5.59. The summed E-state index contributed by atoms with van der Waals surface area (Å²) in [7, 11) is 1.79. The third-order valence-corrected chi connectivity index (χ3v) is 3.24. The number of pyridine rings is 1. The molecule has 1 aromatic rings. The van der Waals surface area contributed by atoms with Crippen LogP contribution in [-0.2, 0) is 4.74 Å². The van der Waals surface area contributed by atoms with Crippen LogP contribution < -0.4 is 10.2 Å². The maximum atomic E-state index is 6.19. The van der Waals surface area contributed by atoms with Gasteiger partial charge in [-0.15, -0.1) is 0 Å². The molecule has 4 nitrogen and oxygen atoms in total. The number of ether oxygens (including phenoxy) is 1. The van der Waals surface area contributed by atoms with Crippen LogP contribution in [0, 0.1) is 0 Å². The summed E-state index contributed by atoms with van der Waals surface area (Å²) in [5, 5.41) is 4.07. The summed E-state index contributed by atoms with van der Waals surface area (Å²) in [5.41, 5.74) is 0. The first kappa shape index (κ1) is 12.7. The lowest BCUT2D eigenvalue weighted by Gasteiger charge is -2.22. The first-order chi connectivity index (χ1) is 8.22. The van der Waals surface area contributed by atoms with Crippen molar-refractivity contribution in [1.29, 1.82) is 0 Å². The minimum atomic E-state index is 0.535. The third-order valence-electron chi connectivity index (χ3n) is 2.67. The van der Waals surface area contributed by atoms with Crippen molar-refractivity contribution in [2.24, 2.45) is 0 Å². The van der Waals surface area contributed by atoms with Gasteiger partial charge in [0, 0.05) is 26.7 Å². The van der Waals surface area contributed by atoms with Gasteiger partial charge in [0.05, 0.1) is 16.7 Å². The van der Waals surface area contributed by atoms with Crippen molar-refractivity contribution in [2.75, 3.05) is 43.6 Å². The predicted molar refractivity (Wildman–Crippen MR) is 71.5 cm³/mol. The summed E-state index contributed by atoms with van der Waals surface area (Å²) in [6, 6.07) is 1.73. The van der Waals surface area contributed by atoms with Gasteiger partial charge in [-0.1, -0.05) is 23.2 Å². The van der Waals surface area contributed by atoms with Gasteiger partial charge in [-0.2, -0.15) is 0 Å². The molecule has 0 bridgehead atoms. The average molecular weight is 276 g/mol. The number of aromatic nitrogens is 1. The summed E-state index contributed by atoms with van der Waals surface area (Å²) in [6.07, 6.45) is 0.982. The van der Waals surface area contributed by atoms with E-state index in [9.17, 15) is 0 Å². The van der Waals surface area contributed by atoms with Crippen LogP contribution in [0.2, 0.25) is 10.0 Å². The summed E-state index contributed by atoms with van der Waals surface area (Å²) in [4.78, 5) is 6.58. The quantitative estimate of drug-likeness (QED) is 0.901. The highest BCUT2D eigenvalue weighted by molar-refractivity contribution is 6.37. The molecule has 0 aromatic carbocycles. The van der Waals surface area contributed by atoms with Crippen LogP contribution in [0.25, 0.3) is 0 Å². The molecule has 1 aliphatic rings. The zero-order chi connectivity index (χ0) is 12.3. The van der Waals surface area contributed by atoms with E-state index in [4.69, 9.17) is 27.9 Å². The van der Waals surface area contributed by atoms with Crippen LogP contribution in [0.4, 0.5) is 11.6 Å². The number of nitrogens with one attached hydrogen (secondary N) is 1. The van der Waals surface area contributed by atoms with Crippen molar-refractivity contribution in [1.82, 2.24) is 4.98 Å². The van der Waals surface area contributed by atoms with Crippen LogP contribution in [0.3, 0.4) is 0 Å². The zero-order valence-corrected chi connectivity index (χ0v) is 11.2. The van der Waals surface area contributed by atoms with E-state index in [2.05, 4.69) is 15.2 Å². The summed E-state index contributed by atoms with van der Waals surface area (Å²) in [5.74, 6) is 1.42. The molecule has 1 N–H and O–H groups in total. The molecule has 0 amide bonds. The number of hydrogen-bond acceptors (Lipinski definition) is 4. The average Bonchev–Trinajstić information content (AvgIpc) is 2.58. The van der Waals surface area contributed by atoms with E-state index in [1.165, 1.54) is 0 Å². The number of hydrogen-bond donors (Lipinski definition) is 1. The molecular formula is C11H15Cl2N3O. The van der Waals surface area contributed by atoms with E-state index in [1.54, 1.807) is 13.1 Å². The standard InChI is InChI=1S/C11H15Cl2N3O/c1-14-10-8(12)7-9(13)11(15-10)16-3-2-5-17-6-4-16/h7H,2-6H2,1H3,(H,14,15). The molecule has 0 aliphatic carbocycles. The van der Waals surface area contributed by atoms with Gasteiger partial charge in [0.25, 0.3) is 0 Å². The molecule has 0 radical (unpaired) electrons. The van der Waals surface area contributed by atoms with Gasteiger partial charge in [-0.05, 0) is 12.5 Å². The lowest BCUT2D eigenvalue weighted by Crippen LogP contribution is -2.27. The van der Waals surface area contributed by atoms with Crippen LogP contribution in [0.15, 0.2) is 6.07 Å². The number of rotatable bonds is 2. The highest BCUT2D eigenvalue weighted by Crippen LogP contribution is 2.31. The normalized spacial score (nSPS) is 16.8. The molecule has 2 rings (SSSR count). The van der Waals surface area contributed by atoms with E-state index < -0.39 is 0 Å². The van der Waals surface area contributed by atoms with Crippen molar-refractivity contribution in [3.8, 4) is 0 Å². The van der Waals surface area contributed by atoms with Crippen molar-refractivity contribution < 1.29 is 4.74 Å². The number of nitrogens with zero attached hydrogens (tertiary/aromatic N) is 2. The van der Waals surface area contributed by atoms with Gasteiger partial charge in [0.2, 0.25) is 0 Å². The Bertz CT molecular complexity index is 393. The van der Waals surface area contributed by atoms with Gasteiger partial charge in [-0.3, -0.25) is 0 Å². The van der Waals surface area contributed by atoms with Gasteiger partial charge < -0.3 is 15.0 Å². The fourth-order valence-electron chi connectivity index (χ4n) is 1.81. The van der Waals surface area contributed by atoms with E-state index in [-0.39, 0.29) is 0 Å². The van der Waals surface area contributed by atoms with Crippen LogP contribution in [0.5, 0.6) is 0 Å². The van der Waals surface area contributed by atoms with E-state index >= 15 is 0 Å². The van der Waals surface area contributed by atoms with Gasteiger partial charge in [0.15, 0.2) is 0 Å². The molecule has 1 aliphatic heterocycles. The second-order valence-electron chi connectivity index (χ2n) is 3.83. The monoisotopic (exact) mass is 275 g/mol. The van der Waals surface area contributed by atoms with Gasteiger partial charge >= 0.3 is 0 Å². The Hall–Kier alpha value is -0.710. The molecule has 1 aromatic heterocycles. The van der Waals surface area contributed by atoms with Crippen molar-refractivity contribution >= 4 is 34.8 Å². The number of anilines is 2. The third kappa shape index (κ3) is 2.94. The smallest absolute Gasteiger partial charge is 0.150 e. The lowest BCUT2D eigenvalue weighted by molar-refractivity contribution is 0.152. The van der Waals surface area contributed by atoms with Crippen molar-refractivity contribution in [3.05, 3.63) is 16.1 Å². The highest BCUT2D eigenvalue weighted by Gasteiger charge is 2.16. The summed E-state index contributed by atoms with van der Waals surface area (Å²) >= 11 is 12.2. The maximum Gasteiger partial charge on any atom is 0.150 e. The Kier molecular flexibility index (Phi) is 4.31. The van der Waals surface area contributed by atoms with Gasteiger partial charge in [0.1, 0.15) is 11.6 Å². The minimum Gasteiger partial charge on any atom is -0.380 e. The van der Waals surface area contributed by atoms with E-state index in [0.717, 1.165) is 31.9 Å². The topological polar surface area (TPSA) is 37.4 Å². The Morgan fingerprint density at radius 2 is 2.12 bits per heavy atom. The predicted octanol–water partition coefficient (Wildman–Crippen LogP) is 2.66. The summed E-state index contributed by atoms with van der Waals surface area (Å²) in [6.45, 7) is 3.20. The molecule has 0 saturated carbocycles. The van der Waals surface area contributed by atoms with E-state index in [1.807, 2.05) is 0 Å². The zero-order valence-electron chi connectivity index (χ0n) is 9.67. The maximum absolute atomic E-state index is 6.19. The van der Waals surface area contributed by atoms with Crippen LogP contribution in [-0.4, -0.2) is 38.3 Å². The Morgan fingerprint density at radius 3 is 2.88 bits per heavy atom. The van der Waals surface area contributed by atoms with Crippen molar-refractivity contribution in [2.45, 2.75) is 6.42 Å². The molecule has 0 unspecified atom stereocenters. The highest BCUT2D eigenvalue weighted by atomic mass is 35.5.